The molecule has 2 aromatic rings. The number of allylic oxidation sites excluding steroid dienone is 4. The monoisotopic (exact) mass is 340 g/mol. The predicted octanol–water partition coefficient (Wildman–Crippen LogP) is 5.93. The summed E-state index contributed by atoms with van der Waals surface area (Å²) in [7, 11) is 3.21. The summed E-state index contributed by atoms with van der Waals surface area (Å²) in [4.78, 5) is 0. The zero-order valence-corrected chi connectivity index (χ0v) is 14.7. The van der Waals surface area contributed by atoms with Gasteiger partial charge in [-0.3, -0.25) is 0 Å². The molecule has 0 aliphatic rings. The number of anilines is 1. The van der Waals surface area contributed by atoms with Crippen molar-refractivity contribution >= 4 is 50.5 Å². The molecule has 0 saturated heterocycles. The molecule has 4 heteroatoms. The number of fused-ring (bicyclic) bond motifs is 1. The largest absolute Gasteiger partial charge is 0.399 e. The number of nitrogens with zero attached hydrogens (tertiary/aromatic N) is 1. The molecular formula is C19H20N2S2. The summed E-state index contributed by atoms with van der Waals surface area (Å²) in [5.74, 6) is 1.05. The Bertz CT molecular complexity index is 761. The van der Waals surface area contributed by atoms with Crippen LogP contribution in [-0.2, 0) is 0 Å². The topological polar surface area (TPSA) is 38.4 Å². The van der Waals surface area contributed by atoms with E-state index in [1.807, 2.05) is 36.4 Å². The van der Waals surface area contributed by atoms with Crippen LogP contribution in [0.4, 0.5) is 5.69 Å². The Morgan fingerprint density at radius 2 is 2.00 bits per heavy atom. The molecule has 2 aromatic carbocycles. The third kappa shape index (κ3) is 5.66. The van der Waals surface area contributed by atoms with Crippen molar-refractivity contribution in [2.75, 3.05) is 11.5 Å². The quantitative estimate of drug-likeness (QED) is 0.169. The van der Waals surface area contributed by atoms with Crippen molar-refractivity contribution in [3.63, 3.8) is 0 Å². The lowest BCUT2D eigenvalue weighted by atomic mass is 10.1. The van der Waals surface area contributed by atoms with E-state index in [4.69, 9.17) is 5.73 Å². The summed E-state index contributed by atoms with van der Waals surface area (Å²) in [5.41, 5.74) is 8.76. The molecule has 0 saturated carbocycles. The molecule has 23 heavy (non-hydrogen) atoms. The third-order valence-electron chi connectivity index (χ3n) is 3.13. The summed E-state index contributed by atoms with van der Waals surface area (Å²) in [6, 6.07) is 12.3. The molecule has 2 nitrogen and oxygen atoms in total. The van der Waals surface area contributed by atoms with Gasteiger partial charge >= 0.3 is 0 Å². The number of nitrogen functional groups attached to an aromatic ring is 1. The first-order chi connectivity index (χ1) is 11.2. The molecule has 0 bridgehead atoms. The van der Waals surface area contributed by atoms with Gasteiger partial charge in [-0.1, -0.05) is 60.7 Å². The van der Waals surface area contributed by atoms with Gasteiger partial charge in [-0.05, 0) is 46.2 Å². The summed E-state index contributed by atoms with van der Waals surface area (Å²) >= 11 is 0. The Morgan fingerprint density at radius 3 is 2.78 bits per heavy atom. The van der Waals surface area contributed by atoms with Gasteiger partial charge < -0.3 is 5.73 Å². The molecule has 0 fully saturated rings. The van der Waals surface area contributed by atoms with E-state index in [-0.39, 0.29) is 0 Å². The second-order valence-corrected chi connectivity index (χ2v) is 7.13. The van der Waals surface area contributed by atoms with Crippen LogP contribution in [-0.4, -0.2) is 12.0 Å². The predicted molar refractivity (Wildman–Crippen MR) is 110 cm³/mol. The molecule has 0 atom stereocenters. The molecular weight excluding hydrogens is 320 g/mol. The number of rotatable bonds is 7. The molecule has 0 aromatic heterocycles. The van der Waals surface area contributed by atoms with Gasteiger partial charge in [-0.15, -0.1) is 0 Å². The highest BCUT2D eigenvalue weighted by Gasteiger charge is 1.95. The van der Waals surface area contributed by atoms with Crippen LogP contribution in [0, 0.1) is 0 Å². The van der Waals surface area contributed by atoms with E-state index in [1.165, 1.54) is 16.4 Å². The first-order valence-electron chi connectivity index (χ1n) is 7.35. The van der Waals surface area contributed by atoms with E-state index in [1.54, 1.807) is 17.0 Å². The minimum absolute atomic E-state index is 0.788. The van der Waals surface area contributed by atoms with Crippen molar-refractivity contribution in [2.24, 2.45) is 4.40 Å². The number of hydrogen-bond acceptors (Lipinski definition) is 4. The highest BCUT2D eigenvalue weighted by molar-refractivity contribution is 8.76. The maximum atomic E-state index is 5.81. The van der Waals surface area contributed by atoms with E-state index >= 15 is 0 Å². The molecule has 0 heterocycles. The van der Waals surface area contributed by atoms with Gasteiger partial charge in [0.15, 0.2) is 0 Å². The fourth-order valence-corrected chi connectivity index (χ4v) is 2.92. The molecule has 0 amide bonds. The Morgan fingerprint density at radius 1 is 1.22 bits per heavy atom. The highest BCUT2D eigenvalue weighted by atomic mass is 33.1. The number of nitrogens with two attached hydrogens (primary N) is 1. The van der Waals surface area contributed by atoms with Gasteiger partial charge in [-0.25, -0.2) is 4.40 Å². The van der Waals surface area contributed by atoms with Gasteiger partial charge in [0.1, 0.15) is 0 Å². The maximum Gasteiger partial charge on any atom is 0.0434 e. The molecule has 118 valence electrons. The zero-order chi connectivity index (χ0) is 16.5. The fraction of sp³-hybridized carbons (Fsp3) is 0.105. The van der Waals surface area contributed by atoms with Crippen molar-refractivity contribution in [3.8, 4) is 0 Å². The standard InChI is InChI=1S/C19H20N2S2/c1-3-15(11-12-21-23-22-4-2)5-6-16-7-8-18-14-19(20)10-9-17(18)13-16/h3,5-14H,1,4,20H2,2H3/b6-5+,15-11+,21-12+. The third-order valence-corrected chi connectivity index (χ3v) is 4.96. The summed E-state index contributed by atoms with van der Waals surface area (Å²) in [5, 5.41) is 2.33. The van der Waals surface area contributed by atoms with E-state index in [2.05, 4.69) is 42.2 Å². The van der Waals surface area contributed by atoms with E-state index in [9.17, 15) is 0 Å². The lowest BCUT2D eigenvalue weighted by molar-refractivity contribution is 1.54. The van der Waals surface area contributed by atoms with Crippen LogP contribution in [0.3, 0.4) is 0 Å². The molecule has 2 rings (SSSR count). The average molecular weight is 341 g/mol. The van der Waals surface area contributed by atoms with Crippen LogP contribution in [0.5, 0.6) is 0 Å². The van der Waals surface area contributed by atoms with Crippen molar-refractivity contribution < 1.29 is 0 Å². The molecule has 0 aliphatic carbocycles. The van der Waals surface area contributed by atoms with Crippen molar-refractivity contribution in [3.05, 3.63) is 72.3 Å². The Labute approximate surface area is 145 Å². The van der Waals surface area contributed by atoms with E-state index in [0.717, 1.165) is 28.0 Å². The molecule has 0 radical (unpaired) electrons. The zero-order valence-electron chi connectivity index (χ0n) is 13.1. The summed E-state index contributed by atoms with van der Waals surface area (Å²) in [6.45, 7) is 5.95. The van der Waals surface area contributed by atoms with E-state index in [0.29, 0.717) is 0 Å². The molecule has 0 unspecified atom stereocenters. The van der Waals surface area contributed by atoms with Crippen molar-refractivity contribution in [2.45, 2.75) is 6.92 Å². The lowest BCUT2D eigenvalue weighted by Gasteiger charge is -2.01. The van der Waals surface area contributed by atoms with Gasteiger partial charge in [0.2, 0.25) is 0 Å². The minimum Gasteiger partial charge on any atom is -0.399 e. The van der Waals surface area contributed by atoms with Crippen LogP contribution in [0.2, 0.25) is 0 Å². The minimum atomic E-state index is 0.788. The van der Waals surface area contributed by atoms with Gasteiger partial charge in [0.25, 0.3) is 0 Å². The van der Waals surface area contributed by atoms with Gasteiger partial charge in [-0.2, -0.15) is 0 Å². The van der Waals surface area contributed by atoms with Crippen molar-refractivity contribution in [1.29, 1.82) is 0 Å². The Kier molecular flexibility index (Phi) is 7.04. The normalized spacial score (nSPS) is 12.5. The summed E-state index contributed by atoms with van der Waals surface area (Å²) < 4.78 is 4.24. The first-order valence-corrected chi connectivity index (χ1v) is 9.62. The van der Waals surface area contributed by atoms with Crippen LogP contribution in [0.15, 0.2) is 71.2 Å². The highest BCUT2D eigenvalue weighted by Crippen LogP contribution is 2.21. The number of hydrogen-bond donors (Lipinski definition) is 1. The van der Waals surface area contributed by atoms with Crippen LogP contribution in [0.25, 0.3) is 16.8 Å². The fourth-order valence-electron chi connectivity index (χ4n) is 1.99. The van der Waals surface area contributed by atoms with Crippen LogP contribution in [0.1, 0.15) is 12.5 Å². The van der Waals surface area contributed by atoms with Gasteiger partial charge in [0.05, 0.1) is 0 Å². The van der Waals surface area contributed by atoms with Crippen molar-refractivity contribution in [1.82, 2.24) is 0 Å². The Balaban J connectivity index is 2.11. The van der Waals surface area contributed by atoms with Crippen LogP contribution < -0.4 is 5.73 Å². The lowest BCUT2D eigenvalue weighted by Crippen LogP contribution is -1.84. The average Bonchev–Trinajstić information content (AvgIpc) is 2.57. The Hall–Kier alpha value is -1.91. The van der Waals surface area contributed by atoms with Crippen LogP contribution >= 0.6 is 21.8 Å². The summed E-state index contributed by atoms with van der Waals surface area (Å²) in [6.07, 6.45) is 9.69. The van der Waals surface area contributed by atoms with Gasteiger partial charge in [0, 0.05) is 28.6 Å². The molecule has 2 N–H and O–H groups in total. The smallest absolute Gasteiger partial charge is 0.0434 e. The number of benzene rings is 2. The van der Waals surface area contributed by atoms with E-state index < -0.39 is 0 Å². The SMILES string of the molecule is C=CC(/C=C/c1ccc2cc(N)ccc2c1)=C\C=N\SSCC. The maximum absolute atomic E-state index is 5.81. The second-order valence-electron chi connectivity index (χ2n) is 4.81. The second kappa shape index (κ2) is 9.28. The molecule has 0 aliphatic heterocycles. The first kappa shape index (κ1) is 17.4. The molecule has 0 spiro atoms.